The quantitative estimate of drug-likeness (QED) is 0.626. The predicted molar refractivity (Wildman–Crippen MR) is 101 cm³/mol. The van der Waals surface area contributed by atoms with Crippen molar-refractivity contribution in [2.75, 3.05) is 6.16 Å². The standard InChI is InChI=1S/C21H22P/c1-2-18-22(19-12-6-3-7-13-19,20-14-8-4-9-15-20)21-16-10-5-11-17-21/h3-17,22H,1-2,18H2. The van der Waals surface area contributed by atoms with Gasteiger partial charge in [-0.15, -0.1) is 0 Å². The molecule has 0 aromatic heterocycles. The summed E-state index contributed by atoms with van der Waals surface area (Å²) in [6, 6.07) is 33.0. The van der Waals surface area contributed by atoms with Gasteiger partial charge in [-0.05, 0) is 0 Å². The van der Waals surface area contributed by atoms with E-state index < -0.39 is 7.26 Å². The second kappa shape index (κ2) is 6.90. The summed E-state index contributed by atoms with van der Waals surface area (Å²) in [5, 5.41) is 4.41. The SMILES string of the molecule is [CH2]CC[PH](c1ccccc1)(c1ccccc1)c1ccccc1. The summed E-state index contributed by atoms with van der Waals surface area (Å²) < 4.78 is 0. The van der Waals surface area contributed by atoms with Crippen molar-refractivity contribution < 1.29 is 0 Å². The second-order valence-electron chi connectivity index (χ2n) is 5.61. The minimum atomic E-state index is -1.99. The van der Waals surface area contributed by atoms with E-state index in [0.717, 1.165) is 12.6 Å². The van der Waals surface area contributed by atoms with Gasteiger partial charge in [-0.3, -0.25) is 0 Å². The molecule has 0 unspecified atom stereocenters. The Hall–Kier alpha value is -1.91. The molecule has 1 radical (unpaired) electrons. The van der Waals surface area contributed by atoms with Gasteiger partial charge >= 0.3 is 134 Å². The molecule has 0 N–H and O–H groups in total. The first-order valence-electron chi connectivity index (χ1n) is 7.84. The van der Waals surface area contributed by atoms with Gasteiger partial charge in [0.2, 0.25) is 0 Å². The van der Waals surface area contributed by atoms with Gasteiger partial charge in [0.1, 0.15) is 0 Å². The Labute approximate surface area is 134 Å². The van der Waals surface area contributed by atoms with Crippen LogP contribution in [-0.4, -0.2) is 6.16 Å². The van der Waals surface area contributed by atoms with Crippen LogP contribution in [-0.2, 0) is 0 Å². The van der Waals surface area contributed by atoms with Crippen LogP contribution in [0.1, 0.15) is 6.42 Å². The van der Waals surface area contributed by atoms with Crippen molar-refractivity contribution in [3.63, 3.8) is 0 Å². The predicted octanol–water partition coefficient (Wildman–Crippen LogP) is 3.94. The van der Waals surface area contributed by atoms with E-state index in [2.05, 4.69) is 97.9 Å². The zero-order chi connectivity index (χ0) is 15.3. The summed E-state index contributed by atoms with van der Waals surface area (Å²) in [4.78, 5) is 0. The molecule has 0 amide bonds. The van der Waals surface area contributed by atoms with E-state index in [9.17, 15) is 0 Å². The Morgan fingerprint density at radius 3 is 1.14 bits per heavy atom. The van der Waals surface area contributed by atoms with Gasteiger partial charge in [0.25, 0.3) is 0 Å². The van der Waals surface area contributed by atoms with E-state index >= 15 is 0 Å². The van der Waals surface area contributed by atoms with E-state index in [1.165, 1.54) is 15.9 Å². The number of rotatable bonds is 5. The van der Waals surface area contributed by atoms with Gasteiger partial charge in [-0.2, -0.15) is 0 Å². The Morgan fingerprint density at radius 1 is 0.545 bits per heavy atom. The molecule has 0 saturated carbocycles. The van der Waals surface area contributed by atoms with Crippen molar-refractivity contribution in [3.8, 4) is 0 Å². The van der Waals surface area contributed by atoms with Gasteiger partial charge in [-0.25, -0.2) is 0 Å². The topological polar surface area (TPSA) is 0 Å². The van der Waals surface area contributed by atoms with Crippen molar-refractivity contribution in [1.29, 1.82) is 0 Å². The zero-order valence-electron chi connectivity index (χ0n) is 12.8. The number of benzene rings is 3. The molecule has 0 nitrogen and oxygen atoms in total. The summed E-state index contributed by atoms with van der Waals surface area (Å²) in [5.74, 6) is 0. The molecule has 0 spiro atoms. The van der Waals surface area contributed by atoms with Crippen LogP contribution in [0.5, 0.6) is 0 Å². The van der Waals surface area contributed by atoms with Crippen molar-refractivity contribution in [2.24, 2.45) is 0 Å². The third kappa shape index (κ3) is 2.72. The summed E-state index contributed by atoms with van der Waals surface area (Å²) in [6.45, 7) is 4.18. The fraction of sp³-hybridized carbons (Fsp3) is 0.0952. The maximum atomic E-state index is 4.18. The first kappa shape index (κ1) is 15.0. The molecule has 0 heterocycles. The van der Waals surface area contributed by atoms with Crippen LogP contribution in [0.4, 0.5) is 0 Å². The van der Waals surface area contributed by atoms with Crippen LogP contribution >= 0.6 is 7.26 Å². The molecule has 0 bridgehead atoms. The van der Waals surface area contributed by atoms with Crippen LogP contribution < -0.4 is 15.9 Å². The van der Waals surface area contributed by atoms with Crippen LogP contribution in [0.2, 0.25) is 0 Å². The molecule has 22 heavy (non-hydrogen) atoms. The van der Waals surface area contributed by atoms with Crippen LogP contribution in [0.25, 0.3) is 0 Å². The maximum absolute atomic E-state index is 4.18. The molecule has 3 rings (SSSR count). The molecule has 3 aromatic carbocycles. The number of hydrogen-bond acceptors (Lipinski definition) is 0. The third-order valence-corrected chi connectivity index (χ3v) is 9.41. The van der Waals surface area contributed by atoms with Gasteiger partial charge in [0, 0.05) is 0 Å². The molecular formula is C21H22P. The first-order chi connectivity index (χ1) is 10.9. The average molecular weight is 305 g/mol. The molecule has 0 fully saturated rings. The van der Waals surface area contributed by atoms with Gasteiger partial charge < -0.3 is 0 Å². The van der Waals surface area contributed by atoms with E-state index in [4.69, 9.17) is 0 Å². The molecule has 0 aliphatic carbocycles. The van der Waals surface area contributed by atoms with Crippen LogP contribution in [0.3, 0.4) is 0 Å². The molecule has 0 aliphatic rings. The molecule has 0 aliphatic heterocycles. The van der Waals surface area contributed by atoms with Gasteiger partial charge in [0.05, 0.1) is 0 Å². The first-order valence-corrected chi connectivity index (χ1v) is 10.0. The van der Waals surface area contributed by atoms with E-state index in [1.54, 1.807) is 0 Å². The summed E-state index contributed by atoms with van der Waals surface area (Å²) in [7, 11) is -1.99. The van der Waals surface area contributed by atoms with Crippen molar-refractivity contribution in [2.45, 2.75) is 6.42 Å². The van der Waals surface area contributed by atoms with E-state index in [1.807, 2.05) is 0 Å². The molecular weight excluding hydrogens is 283 g/mol. The van der Waals surface area contributed by atoms with Gasteiger partial charge in [0.15, 0.2) is 0 Å². The van der Waals surface area contributed by atoms with Gasteiger partial charge in [-0.1, -0.05) is 0 Å². The molecule has 1 heteroatoms. The molecule has 3 aromatic rings. The monoisotopic (exact) mass is 305 g/mol. The molecule has 0 saturated heterocycles. The Kier molecular flexibility index (Phi) is 4.71. The Bertz CT molecular complexity index is 593. The van der Waals surface area contributed by atoms with Crippen LogP contribution in [0.15, 0.2) is 91.0 Å². The van der Waals surface area contributed by atoms with Crippen molar-refractivity contribution >= 4 is 23.2 Å². The summed E-state index contributed by atoms with van der Waals surface area (Å²) >= 11 is 0. The Balaban J connectivity index is 2.29. The fourth-order valence-electron chi connectivity index (χ4n) is 3.37. The van der Waals surface area contributed by atoms with E-state index in [-0.39, 0.29) is 0 Å². The Morgan fingerprint density at radius 2 is 0.864 bits per heavy atom. The fourth-order valence-corrected chi connectivity index (χ4v) is 8.05. The van der Waals surface area contributed by atoms with E-state index in [0.29, 0.717) is 0 Å². The van der Waals surface area contributed by atoms with Crippen molar-refractivity contribution in [3.05, 3.63) is 97.9 Å². The number of hydrogen-bond donors (Lipinski definition) is 0. The average Bonchev–Trinajstić information content (AvgIpc) is 2.62. The molecule has 0 atom stereocenters. The second-order valence-corrected chi connectivity index (χ2v) is 9.65. The molecule has 111 valence electrons. The third-order valence-electron chi connectivity index (χ3n) is 4.35. The normalized spacial score (nSPS) is 12.0. The van der Waals surface area contributed by atoms with Crippen molar-refractivity contribution in [1.82, 2.24) is 0 Å². The summed E-state index contributed by atoms with van der Waals surface area (Å²) in [5.41, 5.74) is 0. The van der Waals surface area contributed by atoms with Crippen LogP contribution in [0, 0.1) is 6.92 Å². The minimum absolute atomic E-state index is 0.949. The zero-order valence-corrected chi connectivity index (χ0v) is 13.8. The summed E-state index contributed by atoms with van der Waals surface area (Å²) in [6.07, 6.45) is 2.08.